The van der Waals surface area contributed by atoms with E-state index in [0.29, 0.717) is 6.54 Å². The molecule has 0 aliphatic rings. The summed E-state index contributed by atoms with van der Waals surface area (Å²) in [5.41, 5.74) is 7.79. The van der Waals surface area contributed by atoms with Gasteiger partial charge in [0.2, 0.25) is 0 Å². The van der Waals surface area contributed by atoms with Gasteiger partial charge in [0.25, 0.3) is 0 Å². The van der Waals surface area contributed by atoms with E-state index in [0.717, 1.165) is 4.47 Å². The molecule has 0 aromatic heterocycles. The van der Waals surface area contributed by atoms with E-state index < -0.39 is 0 Å². The zero-order valence-corrected chi connectivity index (χ0v) is 8.64. The van der Waals surface area contributed by atoms with Gasteiger partial charge in [-0.3, -0.25) is 0 Å². The molecule has 0 bridgehead atoms. The molecule has 0 amide bonds. The van der Waals surface area contributed by atoms with Gasteiger partial charge in [0.15, 0.2) is 0 Å². The van der Waals surface area contributed by atoms with E-state index in [4.69, 9.17) is 5.73 Å². The summed E-state index contributed by atoms with van der Waals surface area (Å²) in [5.74, 6) is 0. The van der Waals surface area contributed by atoms with Gasteiger partial charge < -0.3 is 5.73 Å². The highest BCUT2D eigenvalue weighted by Crippen LogP contribution is 2.17. The number of aryl methyl sites for hydroxylation is 1. The Bertz CT molecular complexity index is 292. The van der Waals surface area contributed by atoms with Crippen LogP contribution in [-0.2, 0) is 0 Å². The molecule has 64 valence electrons. The normalized spacial score (nSPS) is 10.9. The molecule has 12 heavy (non-hydrogen) atoms. The Kier molecular flexibility index (Phi) is 3.50. The molecule has 1 rings (SSSR count). The van der Waals surface area contributed by atoms with Crippen LogP contribution in [-0.4, -0.2) is 6.54 Å². The summed E-state index contributed by atoms with van der Waals surface area (Å²) in [4.78, 5) is 0. The van der Waals surface area contributed by atoms with E-state index in [2.05, 4.69) is 35.0 Å². The second-order valence-electron chi connectivity index (χ2n) is 2.65. The van der Waals surface area contributed by atoms with E-state index in [1.165, 1.54) is 11.1 Å². The molecule has 0 aliphatic carbocycles. The first kappa shape index (κ1) is 9.49. The minimum atomic E-state index is 0.592. The van der Waals surface area contributed by atoms with Crippen molar-refractivity contribution in [3.05, 3.63) is 39.9 Å². The van der Waals surface area contributed by atoms with Crippen LogP contribution in [0.4, 0.5) is 0 Å². The molecule has 1 aromatic rings. The third kappa shape index (κ3) is 2.47. The fourth-order valence-corrected chi connectivity index (χ4v) is 1.22. The SMILES string of the molecule is Cc1cc(C=CCN)ccc1Br. The summed E-state index contributed by atoms with van der Waals surface area (Å²) in [6.45, 7) is 2.67. The molecule has 1 nitrogen and oxygen atoms in total. The van der Waals surface area contributed by atoms with Crippen molar-refractivity contribution in [1.82, 2.24) is 0 Å². The highest BCUT2D eigenvalue weighted by Gasteiger charge is 1.93. The van der Waals surface area contributed by atoms with Gasteiger partial charge in [-0.1, -0.05) is 40.2 Å². The minimum Gasteiger partial charge on any atom is -0.327 e. The molecule has 1 aromatic carbocycles. The van der Waals surface area contributed by atoms with Crippen molar-refractivity contribution >= 4 is 22.0 Å². The quantitative estimate of drug-likeness (QED) is 0.824. The Morgan fingerprint density at radius 1 is 1.50 bits per heavy atom. The van der Waals surface area contributed by atoms with Crippen LogP contribution in [0.2, 0.25) is 0 Å². The van der Waals surface area contributed by atoms with Crippen molar-refractivity contribution in [3.63, 3.8) is 0 Å². The summed E-state index contributed by atoms with van der Waals surface area (Å²) in [6, 6.07) is 6.23. The van der Waals surface area contributed by atoms with Gasteiger partial charge in [0.1, 0.15) is 0 Å². The Labute approximate surface area is 81.4 Å². The van der Waals surface area contributed by atoms with Crippen molar-refractivity contribution in [2.24, 2.45) is 5.73 Å². The third-order valence-corrected chi connectivity index (χ3v) is 2.52. The Morgan fingerprint density at radius 2 is 2.25 bits per heavy atom. The maximum Gasteiger partial charge on any atom is 0.0204 e. The lowest BCUT2D eigenvalue weighted by atomic mass is 10.1. The van der Waals surface area contributed by atoms with Gasteiger partial charge in [-0.05, 0) is 24.1 Å². The summed E-state index contributed by atoms with van der Waals surface area (Å²) in [6.07, 6.45) is 3.97. The minimum absolute atomic E-state index is 0.592. The van der Waals surface area contributed by atoms with Gasteiger partial charge in [-0.25, -0.2) is 0 Å². The summed E-state index contributed by atoms with van der Waals surface area (Å²) >= 11 is 3.45. The van der Waals surface area contributed by atoms with Gasteiger partial charge >= 0.3 is 0 Å². The van der Waals surface area contributed by atoms with Gasteiger partial charge in [0.05, 0.1) is 0 Å². The molecule has 0 aliphatic heterocycles. The van der Waals surface area contributed by atoms with Crippen LogP contribution in [0.3, 0.4) is 0 Å². The standard InChI is InChI=1S/C10H12BrN/c1-8-7-9(3-2-6-12)4-5-10(8)11/h2-5,7H,6,12H2,1H3. The summed E-state index contributed by atoms with van der Waals surface area (Å²) < 4.78 is 1.15. The average molecular weight is 226 g/mol. The fourth-order valence-electron chi connectivity index (χ4n) is 0.976. The molecular weight excluding hydrogens is 214 g/mol. The largest absolute Gasteiger partial charge is 0.327 e. The molecule has 0 radical (unpaired) electrons. The molecule has 2 heteroatoms. The molecule has 0 atom stereocenters. The summed E-state index contributed by atoms with van der Waals surface area (Å²) in [5, 5.41) is 0. The highest BCUT2D eigenvalue weighted by atomic mass is 79.9. The van der Waals surface area contributed by atoms with Gasteiger partial charge in [0, 0.05) is 11.0 Å². The van der Waals surface area contributed by atoms with Crippen LogP contribution < -0.4 is 5.73 Å². The smallest absolute Gasteiger partial charge is 0.0204 e. The van der Waals surface area contributed by atoms with E-state index in [1.807, 2.05) is 18.2 Å². The van der Waals surface area contributed by atoms with Crippen LogP contribution in [0, 0.1) is 6.92 Å². The molecule has 0 saturated carbocycles. The lowest BCUT2D eigenvalue weighted by Crippen LogP contribution is -1.91. The van der Waals surface area contributed by atoms with Crippen LogP contribution in [0.1, 0.15) is 11.1 Å². The van der Waals surface area contributed by atoms with Crippen molar-refractivity contribution in [1.29, 1.82) is 0 Å². The number of halogens is 1. The summed E-state index contributed by atoms with van der Waals surface area (Å²) in [7, 11) is 0. The molecule has 0 heterocycles. The zero-order valence-electron chi connectivity index (χ0n) is 7.05. The number of benzene rings is 1. The van der Waals surface area contributed by atoms with Crippen LogP contribution in [0.5, 0.6) is 0 Å². The van der Waals surface area contributed by atoms with E-state index in [1.54, 1.807) is 0 Å². The highest BCUT2D eigenvalue weighted by molar-refractivity contribution is 9.10. The van der Waals surface area contributed by atoms with Gasteiger partial charge in [-0.15, -0.1) is 0 Å². The molecular formula is C10H12BrN. The monoisotopic (exact) mass is 225 g/mol. The Hall–Kier alpha value is -0.600. The average Bonchev–Trinajstić information content (AvgIpc) is 2.07. The number of nitrogens with two attached hydrogens (primary N) is 1. The lowest BCUT2D eigenvalue weighted by molar-refractivity contribution is 1.26. The van der Waals surface area contributed by atoms with Crippen LogP contribution in [0.15, 0.2) is 28.7 Å². The predicted octanol–water partition coefficient (Wildman–Crippen LogP) is 2.73. The van der Waals surface area contributed by atoms with E-state index in [-0.39, 0.29) is 0 Å². The van der Waals surface area contributed by atoms with Crippen LogP contribution in [0.25, 0.3) is 6.08 Å². The molecule has 0 fully saturated rings. The maximum atomic E-state index is 5.35. The number of hydrogen-bond donors (Lipinski definition) is 1. The maximum absolute atomic E-state index is 5.35. The lowest BCUT2D eigenvalue weighted by Gasteiger charge is -1.98. The van der Waals surface area contributed by atoms with Gasteiger partial charge in [-0.2, -0.15) is 0 Å². The van der Waals surface area contributed by atoms with Crippen LogP contribution >= 0.6 is 15.9 Å². The molecule has 2 N–H and O–H groups in total. The third-order valence-electron chi connectivity index (χ3n) is 1.63. The first-order valence-electron chi connectivity index (χ1n) is 3.87. The second-order valence-corrected chi connectivity index (χ2v) is 3.50. The molecule has 0 unspecified atom stereocenters. The van der Waals surface area contributed by atoms with E-state index >= 15 is 0 Å². The van der Waals surface area contributed by atoms with Crippen molar-refractivity contribution in [2.45, 2.75) is 6.92 Å². The fraction of sp³-hybridized carbons (Fsp3) is 0.200. The van der Waals surface area contributed by atoms with Crippen molar-refractivity contribution in [3.8, 4) is 0 Å². The second kappa shape index (κ2) is 4.43. The Morgan fingerprint density at radius 3 is 2.83 bits per heavy atom. The predicted molar refractivity (Wildman–Crippen MR) is 57.0 cm³/mol. The number of hydrogen-bond acceptors (Lipinski definition) is 1. The molecule has 0 saturated heterocycles. The topological polar surface area (TPSA) is 26.0 Å². The van der Waals surface area contributed by atoms with E-state index in [9.17, 15) is 0 Å². The first-order valence-corrected chi connectivity index (χ1v) is 4.66. The molecule has 0 spiro atoms. The Balaban J connectivity index is 2.89. The van der Waals surface area contributed by atoms with Crippen molar-refractivity contribution < 1.29 is 0 Å². The first-order chi connectivity index (χ1) is 5.74. The van der Waals surface area contributed by atoms with Crippen molar-refractivity contribution in [2.75, 3.05) is 6.54 Å². The number of rotatable bonds is 2. The zero-order chi connectivity index (χ0) is 8.97.